The maximum absolute atomic E-state index is 15.2. The van der Waals surface area contributed by atoms with E-state index in [0.717, 1.165) is 31.6 Å². The Kier molecular flexibility index (Phi) is 7.78. The minimum absolute atomic E-state index is 0.0901. The minimum atomic E-state index is -4.74. The first kappa shape index (κ1) is 28.2. The molecule has 41 heavy (non-hydrogen) atoms. The van der Waals surface area contributed by atoms with E-state index >= 15 is 4.39 Å². The van der Waals surface area contributed by atoms with Crippen LogP contribution >= 0.6 is 0 Å². The molecule has 0 spiro atoms. The number of nitrogens with one attached hydrogen (secondary N) is 2. The third kappa shape index (κ3) is 5.93. The fourth-order valence-corrected chi connectivity index (χ4v) is 5.05. The fourth-order valence-electron chi connectivity index (χ4n) is 5.05. The third-order valence-corrected chi connectivity index (χ3v) is 7.10. The summed E-state index contributed by atoms with van der Waals surface area (Å²) >= 11 is 0. The number of nitrogens with two attached hydrogens (primary N) is 1. The topological polar surface area (TPSA) is 121 Å². The molecule has 9 nitrogen and oxygen atoms in total. The molecule has 14 heteroatoms. The molecule has 0 saturated carbocycles. The zero-order valence-corrected chi connectivity index (χ0v) is 21.6. The Labute approximate surface area is 230 Å². The van der Waals surface area contributed by atoms with Gasteiger partial charge < -0.3 is 26.4 Å². The van der Waals surface area contributed by atoms with Gasteiger partial charge >= 0.3 is 12.2 Å². The van der Waals surface area contributed by atoms with Gasteiger partial charge in [0.15, 0.2) is 5.82 Å². The lowest BCUT2D eigenvalue weighted by Gasteiger charge is -2.31. The number of aliphatic hydroxyl groups is 1. The Morgan fingerprint density at radius 3 is 2.44 bits per heavy atom. The van der Waals surface area contributed by atoms with Crippen LogP contribution in [0.5, 0.6) is 0 Å². The second kappa shape index (κ2) is 11.3. The van der Waals surface area contributed by atoms with Gasteiger partial charge in [-0.25, -0.2) is 23.1 Å². The highest BCUT2D eigenvalue weighted by molar-refractivity contribution is 6.00. The molecule has 0 bridgehead atoms. The van der Waals surface area contributed by atoms with Crippen molar-refractivity contribution in [3.05, 3.63) is 71.7 Å². The number of carbonyl (C=O) groups excluding carboxylic acids is 1. The smallest absolute Gasteiger partial charge is 0.395 e. The van der Waals surface area contributed by atoms with Crippen LogP contribution in [-0.2, 0) is 6.18 Å². The number of carbonyl (C=O) groups is 1. The molecule has 5 N–H and O–H groups in total. The number of hydrogen-bond acceptors (Lipinski definition) is 6. The van der Waals surface area contributed by atoms with Gasteiger partial charge in [0, 0.05) is 23.7 Å². The standard InChI is InChI=1S/C27H26F5N7O2/c28-19-3-2-17(27(30,31)32)12-22(19)37-26(41)36-21-4-1-16(11-20(21)29)18-13-23(39-24(18)25(33)34-14-35-39)15-5-7-38(8-6-15)9-10-40/h1-4,11-15,40H,5-10H2,(H2,33,34,35)(H2,36,37,41). The summed E-state index contributed by atoms with van der Waals surface area (Å²) in [7, 11) is 0. The molecule has 2 amide bonds. The average Bonchev–Trinajstić information content (AvgIpc) is 3.32. The highest BCUT2D eigenvalue weighted by atomic mass is 19.4. The van der Waals surface area contributed by atoms with Crippen LogP contribution < -0.4 is 16.4 Å². The summed E-state index contributed by atoms with van der Waals surface area (Å²) in [5, 5.41) is 17.8. The highest BCUT2D eigenvalue weighted by Gasteiger charge is 2.31. The largest absolute Gasteiger partial charge is 0.416 e. The molecule has 1 fully saturated rings. The molecular formula is C27H26F5N7O2. The number of halogens is 5. The van der Waals surface area contributed by atoms with Gasteiger partial charge in [0.05, 0.1) is 23.5 Å². The second-order valence-electron chi connectivity index (χ2n) is 9.69. The summed E-state index contributed by atoms with van der Waals surface area (Å²) in [5.74, 6) is -1.58. The molecule has 0 radical (unpaired) electrons. The van der Waals surface area contributed by atoms with Crippen LogP contribution in [0.2, 0.25) is 0 Å². The first-order valence-electron chi connectivity index (χ1n) is 12.7. The second-order valence-corrected chi connectivity index (χ2v) is 9.69. The molecule has 5 rings (SSSR count). The SMILES string of the molecule is Nc1ncnn2c(C3CCN(CCO)CC3)cc(-c3ccc(NC(=O)Nc4cc(C(F)(F)F)ccc4F)c(F)c3)c12. The van der Waals surface area contributed by atoms with Gasteiger partial charge in [-0.05, 0) is 67.9 Å². The normalized spacial score (nSPS) is 14.9. The molecule has 1 aliphatic heterocycles. The number of β-amino-alcohol motifs (C(OH)–C–C–N with tert-alkyl or cyclic N) is 1. The van der Waals surface area contributed by atoms with Crippen molar-refractivity contribution < 1.29 is 31.9 Å². The molecule has 2 aromatic heterocycles. The van der Waals surface area contributed by atoms with E-state index in [-0.39, 0.29) is 24.0 Å². The van der Waals surface area contributed by atoms with Gasteiger partial charge in [0.1, 0.15) is 23.5 Å². The predicted molar refractivity (Wildman–Crippen MR) is 142 cm³/mol. The molecule has 0 unspecified atom stereocenters. The van der Waals surface area contributed by atoms with Crippen LogP contribution in [0.15, 0.2) is 48.8 Å². The van der Waals surface area contributed by atoms with Crippen LogP contribution in [0.1, 0.15) is 30.0 Å². The van der Waals surface area contributed by atoms with Crippen LogP contribution in [0.25, 0.3) is 16.6 Å². The molecule has 1 aliphatic rings. The Morgan fingerprint density at radius 2 is 1.76 bits per heavy atom. The number of amides is 2. The van der Waals surface area contributed by atoms with Gasteiger partial charge in [-0.1, -0.05) is 6.07 Å². The summed E-state index contributed by atoms with van der Waals surface area (Å²) in [4.78, 5) is 18.6. The number of aromatic nitrogens is 3. The minimum Gasteiger partial charge on any atom is -0.395 e. The van der Waals surface area contributed by atoms with E-state index in [0.29, 0.717) is 41.4 Å². The van der Waals surface area contributed by atoms with E-state index in [1.165, 1.54) is 18.5 Å². The predicted octanol–water partition coefficient (Wildman–Crippen LogP) is 5.09. The molecule has 4 aromatic rings. The van der Waals surface area contributed by atoms with E-state index in [2.05, 4.69) is 20.3 Å². The number of anilines is 3. The number of nitrogen functional groups attached to an aromatic ring is 1. The summed E-state index contributed by atoms with van der Waals surface area (Å²) in [6.07, 6.45) is -1.74. The lowest BCUT2D eigenvalue weighted by molar-refractivity contribution is -0.137. The van der Waals surface area contributed by atoms with Gasteiger partial charge in [0.2, 0.25) is 0 Å². The van der Waals surface area contributed by atoms with Crippen LogP contribution in [0.3, 0.4) is 0 Å². The van der Waals surface area contributed by atoms with Crippen LogP contribution in [0, 0.1) is 11.6 Å². The fraction of sp³-hybridized carbons (Fsp3) is 0.296. The summed E-state index contributed by atoms with van der Waals surface area (Å²) in [6, 6.07) is 6.34. The third-order valence-electron chi connectivity index (χ3n) is 7.10. The number of nitrogens with zero attached hydrogens (tertiary/aromatic N) is 4. The number of rotatable bonds is 6. The number of alkyl halides is 3. The highest BCUT2D eigenvalue weighted by Crippen LogP contribution is 2.37. The van der Waals surface area contributed by atoms with Crippen LogP contribution in [0.4, 0.5) is 43.9 Å². The number of likely N-dealkylation sites (tertiary alicyclic amines) is 1. The lowest BCUT2D eigenvalue weighted by Crippen LogP contribution is -2.35. The number of urea groups is 1. The molecule has 2 aromatic carbocycles. The Morgan fingerprint density at radius 1 is 1.02 bits per heavy atom. The Bertz CT molecular complexity index is 1580. The Balaban J connectivity index is 1.38. The molecule has 0 atom stereocenters. The summed E-state index contributed by atoms with van der Waals surface area (Å²) < 4.78 is 69.7. The number of piperidine rings is 1. The first-order valence-corrected chi connectivity index (χ1v) is 12.7. The monoisotopic (exact) mass is 575 g/mol. The molecule has 0 aliphatic carbocycles. The Hall–Kier alpha value is -4.30. The summed E-state index contributed by atoms with van der Waals surface area (Å²) in [5.41, 5.74) is 6.45. The maximum atomic E-state index is 15.2. The maximum Gasteiger partial charge on any atom is 0.416 e. The van der Waals surface area contributed by atoms with Crippen molar-refractivity contribution in [2.45, 2.75) is 24.9 Å². The quantitative estimate of drug-likeness (QED) is 0.238. The van der Waals surface area contributed by atoms with E-state index in [4.69, 9.17) is 5.73 Å². The van der Waals surface area contributed by atoms with Gasteiger partial charge in [0.25, 0.3) is 0 Å². The van der Waals surface area contributed by atoms with Crippen LogP contribution in [-0.4, -0.2) is 56.9 Å². The number of hydrogen-bond donors (Lipinski definition) is 4. The number of aliphatic hydroxyl groups excluding tert-OH is 1. The molecule has 216 valence electrons. The average molecular weight is 576 g/mol. The number of benzene rings is 2. The van der Waals surface area contributed by atoms with Crippen molar-refractivity contribution in [1.82, 2.24) is 19.5 Å². The first-order chi connectivity index (χ1) is 19.5. The van der Waals surface area contributed by atoms with Gasteiger partial charge in [-0.15, -0.1) is 0 Å². The van der Waals surface area contributed by atoms with Crippen molar-refractivity contribution in [3.63, 3.8) is 0 Å². The zero-order chi connectivity index (χ0) is 29.3. The lowest BCUT2D eigenvalue weighted by atomic mass is 9.93. The van der Waals surface area contributed by atoms with E-state index in [1.54, 1.807) is 10.6 Å². The summed E-state index contributed by atoms with van der Waals surface area (Å²) in [6.45, 7) is 2.30. The van der Waals surface area contributed by atoms with Gasteiger partial charge in [-0.3, -0.25) is 0 Å². The van der Waals surface area contributed by atoms with Crippen molar-refractivity contribution in [2.75, 3.05) is 42.6 Å². The van der Waals surface area contributed by atoms with Crippen molar-refractivity contribution in [3.8, 4) is 11.1 Å². The van der Waals surface area contributed by atoms with E-state index in [9.17, 15) is 27.5 Å². The van der Waals surface area contributed by atoms with Crippen molar-refractivity contribution in [2.24, 2.45) is 0 Å². The van der Waals surface area contributed by atoms with E-state index in [1.807, 2.05) is 11.4 Å². The molecule has 1 saturated heterocycles. The molecular weight excluding hydrogens is 549 g/mol. The van der Waals surface area contributed by atoms with Gasteiger partial charge in [-0.2, -0.15) is 18.3 Å². The number of fused-ring (bicyclic) bond motifs is 1. The molecule has 3 heterocycles. The van der Waals surface area contributed by atoms with Crippen molar-refractivity contribution in [1.29, 1.82) is 0 Å². The zero-order valence-electron chi connectivity index (χ0n) is 21.6. The van der Waals surface area contributed by atoms with Crippen molar-refractivity contribution >= 4 is 28.7 Å². The van der Waals surface area contributed by atoms with E-state index < -0.39 is 35.1 Å².